The van der Waals surface area contributed by atoms with Gasteiger partial charge in [-0.2, -0.15) is 81.2 Å². The van der Waals surface area contributed by atoms with Crippen molar-refractivity contribution in [3.8, 4) is 0 Å². The van der Waals surface area contributed by atoms with Crippen LogP contribution < -0.4 is 56.5 Å². The molecule has 0 radical (unpaired) electrons. The molecule has 0 fully saturated rings. The maximum Gasteiger partial charge on any atom is 4.00 e. The van der Waals surface area contributed by atoms with Gasteiger partial charge in [0.05, 0.1) is 0 Å². The third-order valence-electron chi connectivity index (χ3n) is 6.47. The summed E-state index contributed by atoms with van der Waals surface area (Å²) in [7, 11) is 0. The van der Waals surface area contributed by atoms with E-state index in [2.05, 4.69) is 108 Å². The van der Waals surface area contributed by atoms with Crippen molar-refractivity contribution in [2.75, 3.05) is 0 Å². The minimum absolute atomic E-state index is 0. The van der Waals surface area contributed by atoms with Gasteiger partial charge in [0, 0.05) is 0 Å². The van der Waals surface area contributed by atoms with Gasteiger partial charge in [0.2, 0.25) is 0 Å². The van der Waals surface area contributed by atoms with Crippen molar-refractivity contribution in [3.05, 3.63) is 130 Å². The van der Waals surface area contributed by atoms with E-state index in [0.29, 0.717) is 0 Å². The Labute approximate surface area is 358 Å². The topological polar surface area (TPSA) is 0 Å². The molecule has 0 saturated carbocycles. The number of aryl methyl sites for hydroxylation is 1. The van der Waals surface area contributed by atoms with Gasteiger partial charge in [-0.05, 0) is 0 Å². The smallest absolute Gasteiger partial charge is 1.00 e. The molecular weight excluding hydrogens is 1340 g/mol. The summed E-state index contributed by atoms with van der Waals surface area (Å²) in [6.45, 7) is 13.2. The van der Waals surface area contributed by atoms with Gasteiger partial charge in [-0.15, -0.1) is 29.7 Å². The SMILES string of the molecule is CCCC[c-]1cccc1.Cc1c(C)c(C)[c-](C)c1C.[F-].[F-].[F-].[F-].[F-].[F-].[F-].[F-].[F-].[F-].[F-].[F-].[Hf+4].[Hf+4].[Hf+4].[Hf+4].c1cc[cH-]c1.c1ccc2[cH-]ccc2c1. The third kappa shape index (κ3) is 35.7. The van der Waals surface area contributed by atoms with E-state index in [1.54, 1.807) is 0 Å². The van der Waals surface area contributed by atoms with Crippen LogP contribution in [0, 0.1) is 34.6 Å². The summed E-state index contributed by atoms with van der Waals surface area (Å²) >= 11 is 0. The second-order valence-corrected chi connectivity index (χ2v) is 8.64. The fourth-order valence-electron chi connectivity index (χ4n) is 3.76. The fourth-order valence-corrected chi connectivity index (χ4v) is 3.76. The van der Waals surface area contributed by atoms with Crippen molar-refractivity contribution in [3.63, 3.8) is 0 Å². The molecule has 0 unspecified atom stereocenters. The summed E-state index contributed by atoms with van der Waals surface area (Å²) < 4.78 is 0. The average molecular weight is 1380 g/mol. The van der Waals surface area contributed by atoms with Gasteiger partial charge in [-0.25, -0.2) is 24.3 Å². The van der Waals surface area contributed by atoms with E-state index in [9.17, 15) is 0 Å². The van der Waals surface area contributed by atoms with Crippen LogP contribution in [0.2, 0.25) is 0 Å². The molecule has 16 heteroatoms. The van der Waals surface area contributed by atoms with Crippen molar-refractivity contribution < 1.29 is 160 Å². The number of rotatable bonds is 3. The van der Waals surface area contributed by atoms with E-state index >= 15 is 0 Å². The summed E-state index contributed by atoms with van der Waals surface area (Å²) in [4.78, 5) is 0. The molecule has 0 spiro atoms. The molecule has 0 atom stereocenters. The first-order valence-corrected chi connectivity index (χ1v) is 12.1. The normalized spacial score (nSPS) is 6.65. The number of halogens is 12. The van der Waals surface area contributed by atoms with E-state index < -0.39 is 0 Å². The second-order valence-electron chi connectivity index (χ2n) is 8.64. The molecule has 0 amide bonds. The van der Waals surface area contributed by atoms with E-state index in [-0.39, 0.29) is 160 Å². The number of benzene rings is 1. The maximum absolute atomic E-state index is 2.23. The zero-order valence-electron chi connectivity index (χ0n) is 27.9. The van der Waals surface area contributed by atoms with Crippen LogP contribution in [0.3, 0.4) is 0 Å². The van der Waals surface area contributed by atoms with Gasteiger partial charge in [0.15, 0.2) is 0 Å². The average Bonchev–Trinajstić information content (AvgIpc) is 3.66. The Kier molecular flexibility index (Phi) is 113. The summed E-state index contributed by atoms with van der Waals surface area (Å²) in [5.74, 6) is 0. The van der Waals surface area contributed by atoms with E-state index in [0.717, 1.165) is 0 Å². The Balaban J connectivity index is -0.0000000221. The van der Waals surface area contributed by atoms with Gasteiger partial charge in [-0.3, -0.25) is 0 Å². The van der Waals surface area contributed by atoms with Crippen molar-refractivity contribution in [2.45, 2.75) is 60.8 Å². The molecule has 0 heterocycles. The van der Waals surface area contributed by atoms with Gasteiger partial charge in [0.1, 0.15) is 0 Å². The minimum atomic E-state index is 0. The van der Waals surface area contributed by atoms with Crippen molar-refractivity contribution in [2.24, 2.45) is 0 Å². The standard InChI is InChI=1S/C10H15.C9H7.C9H13.C5H5.12FH.4Hf/c1-6-7(2)9(4)10(5)8(6)3;1-2-5-9-7-3-6-8(9)4-1;1-2-3-6-9-7-4-5-8-9;1-2-4-5-3-1;;;;;;;;;;;;;;;;/h1-5H3;1-7H;4-5,7-8H,2-3,6H2,1H3;1-5H;12*1H;;;;/q4*-1;;;;;;;;;;;;;4*+4/p-12. The number of hydrogen-bond donors (Lipinski definition) is 0. The molecule has 0 aliphatic carbocycles. The van der Waals surface area contributed by atoms with Gasteiger partial charge >= 0.3 is 103 Å². The molecule has 0 aliphatic rings. The Morgan fingerprint density at radius 1 is 0.531 bits per heavy atom. The molecule has 0 aliphatic heterocycles. The molecule has 0 saturated heterocycles. The van der Waals surface area contributed by atoms with Crippen molar-refractivity contribution in [1.29, 1.82) is 0 Å². The Bertz CT molecular complexity index is 1050. The predicted molar refractivity (Wildman–Crippen MR) is 148 cm³/mol. The summed E-state index contributed by atoms with van der Waals surface area (Å²) in [6, 6.07) is 33.3. The first-order valence-electron chi connectivity index (χ1n) is 12.1. The zero-order valence-corrected chi connectivity index (χ0v) is 42.3. The molecule has 5 aromatic carbocycles. The molecule has 0 nitrogen and oxygen atoms in total. The van der Waals surface area contributed by atoms with Crippen molar-refractivity contribution in [1.82, 2.24) is 0 Å². The molecule has 0 aromatic heterocycles. The van der Waals surface area contributed by atoms with Crippen LogP contribution in [0.15, 0.2) is 97.1 Å². The molecule has 49 heavy (non-hydrogen) atoms. The zero-order chi connectivity index (χ0) is 24.1. The van der Waals surface area contributed by atoms with Crippen LogP contribution in [0.5, 0.6) is 0 Å². The quantitative estimate of drug-likeness (QED) is 0.0959. The molecule has 5 aromatic rings. The van der Waals surface area contributed by atoms with Crippen LogP contribution in [0.1, 0.15) is 53.1 Å². The minimum Gasteiger partial charge on any atom is -1.00 e. The van der Waals surface area contributed by atoms with E-state index in [4.69, 9.17) is 0 Å². The Hall–Kier alpha value is -0.479. The van der Waals surface area contributed by atoms with Crippen LogP contribution in [-0.4, -0.2) is 0 Å². The summed E-state index contributed by atoms with van der Waals surface area (Å²) in [5.41, 5.74) is 8.82. The summed E-state index contributed by atoms with van der Waals surface area (Å²) in [6.07, 6.45) is 3.87. The molecule has 0 bridgehead atoms. The number of unbranched alkanes of at least 4 members (excludes halogenated alkanes) is 1. The van der Waals surface area contributed by atoms with Gasteiger partial charge in [0.25, 0.3) is 0 Å². The molecule has 5 rings (SSSR count). The van der Waals surface area contributed by atoms with Crippen LogP contribution in [0.4, 0.5) is 0 Å². The second kappa shape index (κ2) is 56.9. The van der Waals surface area contributed by atoms with Crippen molar-refractivity contribution >= 4 is 10.8 Å². The van der Waals surface area contributed by atoms with Gasteiger partial charge in [-0.1, -0.05) is 66.9 Å². The molecular formula is C33H40F12Hf4. The van der Waals surface area contributed by atoms with Crippen LogP contribution in [0.25, 0.3) is 10.8 Å². The van der Waals surface area contributed by atoms with Gasteiger partial charge < -0.3 is 56.5 Å². The number of fused-ring (bicyclic) bond motifs is 1. The maximum atomic E-state index is 2.23. The third-order valence-corrected chi connectivity index (χ3v) is 6.47. The molecule has 0 N–H and O–H groups in total. The van der Waals surface area contributed by atoms with E-state index in [1.807, 2.05) is 30.3 Å². The first kappa shape index (κ1) is 97.5. The van der Waals surface area contributed by atoms with E-state index in [1.165, 1.54) is 63.4 Å². The first-order chi connectivity index (χ1) is 16.0. The van der Waals surface area contributed by atoms with Crippen LogP contribution >= 0.6 is 0 Å². The van der Waals surface area contributed by atoms with Crippen LogP contribution in [-0.2, 0) is 110 Å². The largest absolute Gasteiger partial charge is 4.00 e. The summed E-state index contributed by atoms with van der Waals surface area (Å²) in [5, 5.41) is 2.66. The number of hydrogen-bond acceptors (Lipinski definition) is 0. The monoisotopic (exact) mass is 1380 g/mol. The Morgan fingerprint density at radius 3 is 1.24 bits per heavy atom. The Morgan fingerprint density at radius 2 is 0.939 bits per heavy atom. The predicted octanol–water partition coefficient (Wildman–Crippen LogP) is -26.3. The fraction of sp³-hybridized carbons (Fsp3) is 0.273. The molecule has 272 valence electrons.